The molecule has 13 heavy (non-hydrogen) atoms. The molecular weight excluding hydrogens is 228 g/mol. The molecule has 0 bridgehead atoms. The van der Waals surface area contributed by atoms with Gasteiger partial charge in [-0.25, -0.2) is 0 Å². The molecule has 0 unspecified atom stereocenters. The lowest BCUT2D eigenvalue weighted by atomic mass is 10.0. The first kappa shape index (κ1) is 10.5. The predicted octanol–water partition coefficient (Wildman–Crippen LogP) is 3.48. The van der Waals surface area contributed by atoms with E-state index < -0.39 is 0 Å². The van der Waals surface area contributed by atoms with Gasteiger partial charge in [-0.05, 0) is 24.1 Å². The number of hydrogen-bond acceptors (Lipinski definition) is 1. The molecular formula is C11H13BrO. The van der Waals surface area contributed by atoms with Gasteiger partial charge in [-0.3, -0.25) is 4.79 Å². The van der Waals surface area contributed by atoms with Crippen molar-refractivity contribution >= 4 is 21.7 Å². The first-order valence-electron chi connectivity index (χ1n) is 4.37. The van der Waals surface area contributed by atoms with Crippen molar-refractivity contribution in [2.45, 2.75) is 25.6 Å². The van der Waals surface area contributed by atoms with E-state index in [1.54, 1.807) is 0 Å². The van der Waals surface area contributed by atoms with Gasteiger partial charge in [0.25, 0.3) is 0 Å². The van der Waals surface area contributed by atoms with Crippen LogP contribution in [0.2, 0.25) is 0 Å². The smallest absolute Gasteiger partial charge is 0.162 e. The van der Waals surface area contributed by atoms with Gasteiger partial charge in [-0.1, -0.05) is 35.0 Å². The van der Waals surface area contributed by atoms with E-state index in [0.717, 1.165) is 22.0 Å². The van der Waals surface area contributed by atoms with Gasteiger partial charge in [0, 0.05) is 17.3 Å². The summed E-state index contributed by atoms with van der Waals surface area (Å²) in [6.07, 6.45) is 0.576. The maximum absolute atomic E-state index is 11.5. The van der Waals surface area contributed by atoms with Gasteiger partial charge in [0.15, 0.2) is 5.78 Å². The Morgan fingerprint density at radius 1 is 1.46 bits per heavy atom. The van der Waals surface area contributed by atoms with Crippen molar-refractivity contribution in [1.82, 2.24) is 0 Å². The van der Waals surface area contributed by atoms with Crippen LogP contribution in [0, 0.1) is 6.92 Å². The summed E-state index contributed by atoms with van der Waals surface area (Å²) < 4.78 is 0. The molecule has 2 heteroatoms. The molecule has 0 aliphatic carbocycles. The van der Waals surface area contributed by atoms with E-state index in [0.29, 0.717) is 6.42 Å². The zero-order valence-corrected chi connectivity index (χ0v) is 9.52. The van der Waals surface area contributed by atoms with Crippen LogP contribution in [0.4, 0.5) is 0 Å². The first-order chi connectivity index (χ1) is 6.19. The van der Waals surface area contributed by atoms with Crippen molar-refractivity contribution in [3.8, 4) is 0 Å². The Morgan fingerprint density at radius 3 is 2.69 bits per heavy atom. The molecule has 0 heterocycles. The number of halogens is 1. The molecule has 0 aliphatic rings. The van der Waals surface area contributed by atoms with Crippen LogP contribution in [-0.4, -0.2) is 5.78 Å². The van der Waals surface area contributed by atoms with E-state index in [1.807, 2.05) is 32.0 Å². The number of Topliss-reactive ketones (excluding diaryl/α,β-unsaturated/α-hetero) is 1. The van der Waals surface area contributed by atoms with Gasteiger partial charge >= 0.3 is 0 Å². The third kappa shape index (κ3) is 2.41. The molecule has 0 radical (unpaired) electrons. The summed E-state index contributed by atoms with van der Waals surface area (Å²) in [6.45, 7) is 3.86. The second kappa shape index (κ2) is 4.56. The molecule has 0 fully saturated rings. The number of alkyl halides is 1. The molecule has 0 saturated carbocycles. The van der Waals surface area contributed by atoms with E-state index in [4.69, 9.17) is 0 Å². The Bertz CT molecular complexity index is 318. The molecule has 1 rings (SSSR count). The number of ketones is 1. The van der Waals surface area contributed by atoms with Crippen molar-refractivity contribution in [2.24, 2.45) is 0 Å². The standard InChI is InChI=1S/C11H13BrO/c1-3-11(13)10-6-9(7-12)5-4-8(10)2/h4-6H,3,7H2,1-2H3. The van der Waals surface area contributed by atoms with Gasteiger partial charge in [-0.15, -0.1) is 0 Å². The average Bonchev–Trinajstić information content (AvgIpc) is 2.17. The highest BCUT2D eigenvalue weighted by Gasteiger charge is 2.06. The summed E-state index contributed by atoms with van der Waals surface area (Å²) in [6, 6.07) is 6.01. The van der Waals surface area contributed by atoms with Gasteiger partial charge < -0.3 is 0 Å². The molecule has 1 aromatic rings. The summed E-state index contributed by atoms with van der Waals surface area (Å²) >= 11 is 3.38. The quantitative estimate of drug-likeness (QED) is 0.584. The molecule has 70 valence electrons. The van der Waals surface area contributed by atoms with Crippen LogP contribution in [-0.2, 0) is 5.33 Å². The highest BCUT2D eigenvalue weighted by atomic mass is 79.9. The van der Waals surface area contributed by atoms with Crippen LogP contribution in [0.5, 0.6) is 0 Å². The molecule has 1 aromatic carbocycles. The topological polar surface area (TPSA) is 17.1 Å². The highest BCUT2D eigenvalue weighted by molar-refractivity contribution is 9.08. The Morgan fingerprint density at radius 2 is 2.15 bits per heavy atom. The van der Waals surface area contributed by atoms with E-state index in [-0.39, 0.29) is 5.78 Å². The van der Waals surface area contributed by atoms with E-state index in [1.165, 1.54) is 0 Å². The summed E-state index contributed by atoms with van der Waals surface area (Å²) in [5.74, 6) is 0.223. The largest absolute Gasteiger partial charge is 0.294 e. The Hall–Kier alpha value is -0.630. The summed E-state index contributed by atoms with van der Waals surface area (Å²) in [4.78, 5) is 11.5. The minimum Gasteiger partial charge on any atom is -0.294 e. The van der Waals surface area contributed by atoms with E-state index in [2.05, 4.69) is 15.9 Å². The van der Waals surface area contributed by atoms with Crippen LogP contribution < -0.4 is 0 Å². The van der Waals surface area contributed by atoms with E-state index in [9.17, 15) is 4.79 Å². The maximum Gasteiger partial charge on any atom is 0.162 e. The lowest BCUT2D eigenvalue weighted by Gasteiger charge is -2.04. The number of carbonyl (C=O) groups is 1. The van der Waals surface area contributed by atoms with Gasteiger partial charge in [0.05, 0.1) is 0 Å². The minimum atomic E-state index is 0.223. The SMILES string of the molecule is CCC(=O)c1cc(CBr)ccc1C. The van der Waals surface area contributed by atoms with Gasteiger partial charge in [0.2, 0.25) is 0 Å². The maximum atomic E-state index is 11.5. The molecule has 0 N–H and O–H groups in total. The summed E-state index contributed by atoms with van der Waals surface area (Å²) in [5, 5.41) is 0.803. The van der Waals surface area contributed by atoms with Crippen LogP contribution in [0.25, 0.3) is 0 Å². The molecule has 0 aliphatic heterocycles. The Balaban J connectivity index is 3.11. The zero-order valence-electron chi connectivity index (χ0n) is 7.93. The molecule has 0 amide bonds. The fourth-order valence-electron chi connectivity index (χ4n) is 1.24. The number of rotatable bonds is 3. The first-order valence-corrected chi connectivity index (χ1v) is 5.50. The fraction of sp³-hybridized carbons (Fsp3) is 0.364. The predicted molar refractivity (Wildman–Crippen MR) is 58.4 cm³/mol. The average molecular weight is 241 g/mol. The number of aryl methyl sites for hydroxylation is 1. The molecule has 1 nitrogen and oxygen atoms in total. The normalized spacial score (nSPS) is 10.1. The number of carbonyl (C=O) groups excluding carboxylic acids is 1. The minimum absolute atomic E-state index is 0.223. The van der Waals surface area contributed by atoms with Crippen molar-refractivity contribution in [2.75, 3.05) is 0 Å². The monoisotopic (exact) mass is 240 g/mol. The summed E-state index contributed by atoms with van der Waals surface area (Å²) in [5.41, 5.74) is 3.08. The van der Waals surface area contributed by atoms with Crippen molar-refractivity contribution in [3.63, 3.8) is 0 Å². The van der Waals surface area contributed by atoms with Crippen LogP contribution in [0.15, 0.2) is 18.2 Å². The highest BCUT2D eigenvalue weighted by Crippen LogP contribution is 2.15. The zero-order chi connectivity index (χ0) is 9.84. The lowest BCUT2D eigenvalue weighted by molar-refractivity contribution is 0.0987. The van der Waals surface area contributed by atoms with Gasteiger partial charge in [-0.2, -0.15) is 0 Å². The fourth-order valence-corrected chi connectivity index (χ4v) is 1.59. The van der Waals surface area contributed by atoms with Crippen LogP contribution in [0.3, 0.4) is 0 Å². The lowest BCUT2D eigenvalue weighted by Crippen LogP contribution is -2.00. The molecule has 0 aromatic heterocycles. The number of hydrogen-bond donors (Lipinski definition) is 0. The van der Waals surface area contributed by atoms with E-state index >= 15 is 0 Å². The second-order valence-electron chi connectivity index (χ2n) is 3.06. The van der Waals surface area contributed by atoms with Crippen molar-refractivity contribution in [1.29, 1.82) is 0 Å². The molecule has 0 saturated heterocycles. The summed E-state index contributed by atoms with van der Waals surface area (Å²) in [7, 11) is 0. The number of benzene rings is 1. The Labute approximate surface area is 87.3 Å². The third-order valence-electron chi connectivity index (χ3n) is 2.08. The Kier molecular flexibility index (Phi) is 3.67. The molecule has 0 atom stereocenters. The molecule has 0 spiro atoms. The van der Waals surface area contributed by atoms with Crippen molar-refractivity contribution in [3.05, 3.63) is 34.9 Å². The van der Waals surface area contributed by atoms with Crippen molar-refractivity contribution < 1.29 is 4.79 Å². The van der Waals surface area contributed by atoms with Crippen LogP contribution >= 0.6 is 15.9 Å². The third-order valence-corrected chi connectivity index (χ3v) is 2.73. The second-order valence-corrected chi connectivity index (χ2v) is 3.62. The van der Waals surface area contributed by atoms with Gasteiger partial charge in [0.1, 0.15) is 0 Å². The van der Waals surface area contributed by atoms with Crippen LogP contribution in [0.1, 0.15) is 34.8 Å².